The molecule has 102 valence electrons. The van der Waals surface area contributed by atoms with E-state index in [0.717, 1.165) is 6.42 Å². The molecular weight excluding hydrogens is 254 g/mol. The quantitative estimate of drug-likeness (QED) is 0.825. The number of halogens is 1. The lowest BCUT2D eigenvalue weighted by Crippen LogP contribution is -2.13. The zero-order valence-corrected chi connectivity index (χ0v) is 12.3. The molecule has 18 heavy (non-hydrogen) atoms. The van der Waals surface area contributed by atoms with Gasteiger partial charge in [-0.05, 0) is 37.3 Å². The van der Waals surface area contributed by atoms with E-state index < -0.39 is 0 Å². The minimum atomic E-state index is -0.0223. The normalized spacial score (nSPS) is 11.7. The lowest BCUT2D eigenvalue weighted by molar-refractivity contribution is 0.203. The monoisotopic (exact) mass is 273 g/mol. The summed E-state index contributed by atoms with van der Waals surface area (Å²) in [5.41, 5.74) is 0.202. The Morgan fingerprint density at radius 3 is 2.28 bits per heavy atom. The molecule has 6 heteroatoms. The zero-order valence-electron chi connectivity index (χ0n) is 11.5. The van der Waals surface area contributed by atoms with Gasteiger partial charge in [0.05, 0.1) is 12.7 Å². The molecule has 0 saturated heterocycles. The minimum Gasteiger partial charge on any atom is -0.463 e. The summed E-state index contributed by atoms with van der Waals surface area (Å²) >= 11 is 5.78. The number of ether oxygens (including phenoxy) is 2. The van der Waals surface area contributed by atoms with Gasteiger partial charge in [-0.1, -0.05) is 20.8 Å². The Balaban J connectivity index is 2.62. The van der Waals surface area contributed by atoms with E-state index >= 15 is 0 Å². The molecule has 0 spiro atoms. The summed E-state index contributed by atoms with van der Waals surface area (Å²) < 4.78 is 10.8. The molecule has 0 saturated carbocycles. The predicted octanol–water partition coefficient (Wildman–Crippen LogP) is 3.13. The van der Waals surface area contributed by atoms with Crippen molar-refractivity contribution in [1.82, 2.24) is 15.0 Å². The SMILES string of the molecule is CC(C)Oc1nc(Cl)nc(OCCC(C)(C)C)n1. The molecule has 1 rings (SSSR count). The van der Waals surface area contributed by atoms with E-state index in [1.807, 2.05) is 13.8 Å². The van der Waals surface area contributed by atoms with Gasteiger partial charge in [0, 0.05) is 0 Å². The summed E-state index contributed by atoms with van der Waals surface area (Å²) in [6.07, 6.45) is 0.877. The molecule has 0 aromatic carbocycles. The van der Waals surface area contributed by atoms with Crippen molar-refractivity contribution in [1.29, 1.82) is 0 Å². The smallest absolute Gasteiger partial charge is 0.324 e. The number of hydrogen-bond acceptors (Lipinski definition) is 5. The van der Waals surface area contributed by atoms with Gasteiger partial charge in [-0.25, -0.2) is 0 Å². The van der Waals surface area contributed by atoms with Gasteiger partial charge < -0.3 is 9.47 Å². The van der Waals surface area contributed by atoms with Gasteiger partial charge in [0.1, 0.15) is 0 Å². The van der Waals surface area contributed by atoms with Crippen LogP contribution in [0.5, 0.6) is 12.0 Å². The van der Waals surface area contributed by atoms with Crippen LogP contribution < -0.4 is 9.47 Å². The summed E-state index contributed by atoms with van der Waals surface area (Å²) in [6, 6.07) is 0.394. The molecule has 0 aliphatic heterocycles. The Hall–Kier alpha value is -1.10. The molecule has 0 unspecified atom stereocenters. The van der Waals surface area contributed by atoms with E-state index in [1.165, 1.54) is 0 Å². The largest absolute Gasteiger partial charge is 0.463 e. The summed E-state index contributed by atoms with van der Waals surface area (Å²) in [7, 11) is 0. The van der Waals surface area contributed by atoms with Crippen LogP contribution in [0, 0.1) is 5.41 Å². The van der Waals surface area contributed by atoms with Gasteiger partial charge in [0.25, 0.3) is 0 Å². The molecule has 0 atom stereocenters. The highest BCUT2D eigenvalue weighted by Gasteiger charge is 2.12. The van der Waals surface area contributed by atoms with E-state index in [9.17, 15) is 0 Å². The van der Waals surface area contributed by atoms with Crippen LogP contribution in [0.4, 0.5) is 0 Å². The fourth-order valence-electron chi connectivity index (χ4n) is 1.09. The van der Waals surface area contributed by atoms with E-state index in [-0.39, 0.29) is 28.8 Å². The molecule has 0 amide bonds. The van der Waals surface area contributed by atoms with Crippen molar-refractivity contribution in [3.63, 3.8) is 0 Å². The van der Waals surface area contributed by atoms with Crippen molar-refractivity contribution >= 4 is 11.6 Å². The highest BCUT2D eigenvalue weighted by Crippen LogP contribution is 2.19. The second-order valence-corrected chi connectivity index (χ2v) is 5.83. The third-order valence-electron chi connectivity index (χ3n) is 1.99. The fraction of sp³-hybridized carbons (Fsp3) is 0.750. The van der Waals surface area contributed by atoms with Crippen molar-refractivity contribution in [3.05, 3.63) is 5.28 Å². The van der Waals surface area contributed by atoms with Gasteiger partial charge in [0.2, 0.25) is 5.28 Å². The Bertz CT molecular complexity index is 391. The Morgan fingerprint density at radius 2 is 1.72 bits per heavy atom. The van der Waals surface area contributed by atoms with Crippen LogP contribution in [0.15, 0.2) is 0 Å². The number of hydrogen-bond donors (Lipinski definition) is 0. The van der Waals surface area contributed by atoms with Crippen molar-refractivity contribution in [3.8, 4) is 12.0 Å². The first-order chi connectivity index (χ1) is 8.26. The van der Waals surface area contributed by atoms with E-state index in [4.69, 9.17) is 21.1 Å². The van der Waals surface area contributed by atoms with Crippen molar-refractivity contribution in [2.24, 2.45) is 5.41 Å². The molecule has 0 bridgehead atoms. The third kappa shape index (κ3) is 6.00. The summed E-state index contributed by atoms with van der Waals surface area (Å²) in [6.45, 7) is 10.7. The molecule has 0 radical (unpaired) electrons. The maximum absolute atomic E-state index is 5.78. The minimum absolute atomic E-state index is 0.0223. The molecule has 0 aliphatic rings. The van der Waals surface area contributed by atoms with Crippen molar-refractivity contribution in [2.45, 2.75) is 47.1 Å². The Morgan fingerprint density at radius 1 is 1.11 bits per heavy atom. The summed E-state index contributed by atoms with van der Waals surface area (Å²) in [5.74, 6) is 0. The first-order valence-electron chi connectivity index (χ1n) is 5.97. The predicted molar refractivity (Wildman–Crippen MR) is 70.2 cm³/mol. The molecule has 1 aromatic rings. The van der Waals surface area contributed by atoms with Gasteiger partial charge in [0.15, 0.2) is 0 Å². The lowest BCUT2D eigenvalue weighted by atomic mass is 9.93. The summed E-state index contributed by atoms with van der Waals surface area (Å²) in [5, 5.41) is 0.0754. The van der Waals surface area contributed by atoms with Gasteiger partial charge in [-0.15, -0.1) is 4.98 Å². The zero-order chi connectivity index (χ0) is 13.8. The van der Waals surface area contributed by atoms with Crippen LogP contribution in [0.2, 0.25) is 5.28 Å². The van der Waals surface area contributed by atoms with E-state index in [2.05, 4.69) is 35.7 Å². The first-order valence-corrected chi connectivity index (χ1v) is 6.35. The highest BCUT2D eigenvalue weighted by molar-refractivity contribution is 6.28. The van der Waals surface area contributed by atoms with Crippen molar-refractivity contribution < 1.29 is 9.47 Å². The van der Waals surface area contributed by atoms with Crippen LogP contribution in [-0.4, -0.2) is 27.7 Å². The molecule has 0 fully saturated rings. The van der Waals surface area contributed by atoms with E-state index in [0.29, 0.717) is 6.61 Å². The number of nitrogens with zero attached hydrogens (tertiary/aromatic N) is 3. The lowest BCUT2D eigenvalue weighted by Gasteiger charge is -2.17. The van der Waals surface area contributed by atoms with Crippen LogP contribution in [0.3, 0.4) is 0 Å². The van der Waals surface area contributed by atoms with Crippen molar-refractivity contribution in [2.75, 3.05) is 6.61 Å². The van der Waals surface area contributed by atoms with Gasteiger partial charge >= 0.3 is 12.0 Å². The third-order valence-corrected chi connectivity index (χ3v) is 2.16. The average Bonchev–Trinajstić information content (AvgIpc) is 2.12. The molecule has 1 aromatic heterocycles. The van der Waals surface area contributed by atoms with Gasteiger partial charge in [-0.2, -0.15) is 9.97 Å². The first kappa shape index (κ1) is 15.0. The molecule has 0 aliphatic carbocycles. The standard InChI is InChI=1S/C12H20ClN3O2/c1-8(2)18-11-15-9(13)14-10(16-11)17-7-6-12(3,4)5/h8H,6-7H2,1-5H3. The molecule has 5 nitrogen and oxygen atoms in total. The van der Waals surface area contributed by atoms with Gasteiger partial charge in [-0.3, -0.25) is 0 Å². The highest BCUT2D eigenvalue weighted by atomic mass is 35.5. The number of aromatic nitrogens is 3. The molecule has 1 heterocycles. The Labute approximate surface area is 113 Å². The van der Waals surface area contributed by atoms with Crippen LogP contribution in [-0.2, 0) is 0 Å². The van der Waals surface area contributed by atoms with E-state index in [1.54, 1.807) is 0 Å². The molecule has 0 N–H and O–H groups in total. The van der Waals surface area contributed by atoms with Crippen LogP contribution >= 0.6 is 11.6 Å². The molecular formula is C12H20ClN3O2. The fourth-order valence-corrected chi connectivity index (χ4v) is 1.24. The Kier molecular flexibility index (Phi) is 5.14. The second-order valence-electron chi connectivity index (χ2n) is 5.50. The maximum atomic E-state index is 5.78. The number of rotatable bonds is 5. The second kappa shape index (κ2) is 6.18. The average molecular weight is 274 g/mol. The van der Waals surface area contributed by atoms with Crippen LogP contribution in [0.1, 0.15) is 41.0 Å². The topological polar surface area (TPSA) is 57.1 Å². The maximum Gasteiger partial charge on any atom is 0.324 e. The van der Waals surface area contributed by atoms with Crippen LogP contribution in [0.25, 0.3) is 0 Å². The summed E-state index contributed by atoms with van der Waals surface area (Å²) in [4.78, 5) is 11.8.